The van der Waals surface area contributed by atoms with Gasteiger partial charge in [-0.2, -0.15) is 0 Å². The number of hydrogen-bond donors (Lipinski definition) is 2. The highest BCUT2D eigenvalue weighted by molar-refractivity contribution is 4.17. The molecule has 4 heteroatoms. The molecule has 0 fully saturated rings. The Morgan fingerprint density at radius 2 is 1.88 bits per heavy atom. The van der Waals surface area contributed by atoms with Gasteiger partial charge in [-0.3, -0.25) is 4.84 Å². The Balaban J connectivity index is 3.07. The van der Waals surface area contributed by atoms with Crippen molar-refractivity contribution >= 4 is 0 Å². The second-order valence-electron chi connectivity index (χ2n) is 1.18. The van der Waals surface area contributed by atoms with Crippen LogP contribution < -0.4 is 0 Å². The van der Waals surface area contributed by atoms with Gasteiger partial charge in [0.15, 0.2) is 0 Å². The summed E-state index contributed by atoms with van der Waals surface area (Å²) in [5.41, 5.74) is 0. The van der Waals surface area contributed by atoms with Gasteiger partial charge >= 0.3 is 0 Å². The molecule has 0 aromatic rings. The van der Waals surface area contributed by atoms with Crippen molar-refractivity contribution < 1.29 is 15.1 Å². The summed E-state index contributed by atoms with van der Waals surface area (Å²) in [6.45, 7) is 1.69. The molecule has 0 aliphatic heterocycles. The van der Waals surface area contributed by atoms with Crippen LogP contribution in [0.3, 0.4) is 0 Å². The van der Waals surface area contributed by atoms with E-state index >= 15 is 0 Å². The van der Waals surface area contributed by atoms with Crippen molar-refractivity contribution in [2.24, 2.45) is 0 Å². The smallest absolute Gasteiger partial charge is 0.121 e. The van der Waals surface area contributed by atoms with Gasteiger partial charge in [-0.15, -0.1) is 5.06 Å². The molecular weight excluding hydrogens is 110 g/mol. The lowest BCUT2D eigenvalue weighted by Gasteiger charge is -2.13. The van der Waals surface area contributed by atoms with Crippen molar-refractivity contribution in [3.05, 3.63) is 0 Å². The zero-order valence-electron chi connectivity index (χ0n) is 4.87. The summed E-state index contributed by atoms with van der Waals surface area (Å²) in [5.74, 6) is 0. The predicted molar refractivity (Wildman–Crippen MR) is 27.6 cm³/mol. The highest BCUT2D eigenvalue weighted by atomic mass is 16.7. The van der Waals surface area contributed by atoms with Crippen LogP contribution in [0.2, 0.25) is 0 Å². The van der Waals surface area contributed by atoms with Crippen LogP contribution in [0.1, 0.15) is 6.92 Å². The molecule has 0 heterocycles. The maximum atomic E-state index is 8.30. The first kappa shape index (κ1) is 7.84. The van der Waals surface area contributed by atoms with Gasteiger partial charge in [0.25, 0.3) is 0 Å². The Labute approximate surface area is 48.2 Å². The summed E-state index contributed by atoms with van der Waals surface area (Å²) >= 11 is 0. The SMILES string of the molecule is CCON(CO)CO. The fourth-order valence-corrected chi connectivity index (χ4v) is 0.309. The molecule has 8 heavy (non-hydrogen) atoms. The Morgan fingerprint density at radius 1 is 1.38 bits per heavy atom. The van der Waals surface area contributed by atoms with Crippen LogP contribution in [0.5, 0.6) is 0 Å². The molecule has 0 aromatic carbocycles. The van der Waals surface area contributed by atoms with E-state index in [2.05, 4.69) is 4.84 Å². The maximum Gasteiger partial charge on any atom is 0.121 e. The third kappa shape index (κ3) is 2.92. The quantitative estimate of drug-likeness (QED) is 0.375. The standard InChI is InChI=1S/C4H11NO3/c1-2-8-5(3-6)4-7/h6-7H,2-4H2,1H3. The minimum atomic E-state index is -0.273. The Morgan fingerprint density at radius 3 is 2.00 bits per heavy atom. The lowest BCUT2D eigenvalue weighted by Crippen LogP contribution is -2.25. The predicted octanol–water partition coefficient (Wildman–Crippen LogP) is -0.860. The maximum absolute atomic E-state index is 8.30. The van der Waals surface area contributed by atoms with Crippen molar-refractivity contribution in [2.45, 2.75) is 6.92 Å². The molecule has 0 aromatic heterocycles. The summed E-state index contributed by atoms with van der Waals surface area (Å²) in [6, 6.07) is 0. The van der Waals surface area contributed by atoms with E-state index in [1.165, 1.54) is 0 Å². The number of aliphatic hydroxyl groups excluding tert-OH is 2. The van der Waals surface area contributed by atoms with Crippen LogP contribution in [-0.4, -0.2) is 35.3 Å². The van der Waals surface area contributed by atoms with Crippen LogP contribution in [0.4, 0.5) is 0 Å². The second-order valence-corrected chi connectivity index (χ2v) is 1.18. The van der Waals surface area contributed by atoms with E-state index in [1.54, 1.807) is 6.92 Å². The summed E-state index contributed by atoms with van der Waals surface area (Å²) in [5, 5.41) is 17.6. The van der Waals surface area contributed by atoms with Crippen LogP contribution in [0, 0.1) is 0 Å². The number of aliphatic hydroxyl groups is 2. The first-order chi connectivity index (χ1) is 3.85. The van der Waals surface area contributed by atoms with Gasteiger partial charge in [0, 0.05) is 0 Å². The zero-order chi connectivity index (χ0) is 6.41. The van der Waals surface area contributed by atoms with Crippen molar-refractivity contribution in [3.8, 4) is 0 Å². The highest BCUT2D eigenvalue weighted by Crippen LogP contribution is 1.82. The van der Waals surface area contributed by atoms with E-state index in [0.29, 0.717) is 6.61 Å². The first-order valence-corrected chi connectivity index (χ1v) is 2.44. The van der Waals surface area contributed by atoms with E-state index in [9.17, 15) is 0 Å². The average molecular weight is 121 g/mol. The molecule has 0 radical (unpaired) electrons. The lowest BCUT2D eigenvalue weighted by atomic mass is 10.9. The van der Waals surface area contributed by atoms with Crippen LogP contribution in [0.25, 0.3) is 0 Å². The normalized spacial score (nSPS) is 10.5. The highest BCUT2D eigenvalue weighted by Gasteiger charge is 1.95. The number of nitrogens with zero attached hydrogens (tertiary/aromatic N) is 1. The van der Waals surface area contributed by atoms with Gasteiger partial charge in [-0.05, 0) is 6.92 Å². The molecule has 0 saturated heterocycles. The first-order valence-electron chi connectivity index (χ1n) is 2.44. The van der Waals surface area contributed by atoms with Gasteiger partial charge in [0.2, 0.25) is 0 Å². The Hall–Kier alpha value is -0.160. The van der Waals surface area contributed by atoms with Crippen LogP contribution in [0.15, 0.2) is 0 Å². The molecule has 0 aliphatic rings. The monoisotopic (exact) mass is 121 g/mol. The molecule has 0 atom stereocenters. The van der Waals surface area contributed by atoms with Crippen LogP contribution >= 0.6 is 0 Å². The molecule has 2 N–H and O–H groups in total. The second kappa shape index (κ2) is 4.99. The van der Waals surface area contributed by atoms with Gasteiger partial charge in [-0.1, -0.05) is 0 Å². The molecule has 0 bridgehead atoms. The third-order valence-electron chi connectivity index (χ3n) is 0.627. The number of hydroxylamine groups is 2. The summed E-state index contributed by atoms with van der Waals surface area (Å²) in [6.07, 6.45) is 0. The van der Waals surface area contributed by atoms with Crippen molar-refractivity contribution in [2.75, 3.05) is 20.1 Å². The Bertz CT molecular complexity index is 46.5. The topological polar surface area (TPSA) is 52.9 Å². The van der Waals surface area contributed by atoms with E-state index < -0.39 is 0 Å². The molecule has 50 valence electrons. The van der Waals surface area contributed by atoms with Crippen molar-refractivity contribution in [1.82, 2.24) is 5.06 Å². The molecule has 0 unspecified atom stereocenters. The minimum Gasteiger partial charge on any atom is -0.379 e. The largest absolute Gasteiger partial charge is 0.379 e. The van der Waals surface area contributed by atoms with Gasteiger partial charge in [0.05, 0.1) is 6.61 Å². The summed E-state index contributed by atoms with van der Waals surface area (Å²) in [7, 11) is 0. The molecule has 0 spiro atoms. The lowest BCUT2D eigenvalue weighted by molar-refractivity contribution is -0.225. The zero-order valence-corrected chi connectivity index (χ0v) is 4.87. The molecule has 0 saturated carbocycles. The minimum absolute atomic E-state index is 0.273. The Kier molecular flexibility index (Phi) is 4.89. The molecule has 0 rings (SSSR count). The number of rotatable bonds is 4. The third-order valence-corrected chi connectivity index (χ3v) is 0.627. The van der Waals surface area contributed by atoms with Gasteiger partial charge < -0.3 is 10.2 Å². The fraction of sp³-hybridized carbons (Fsp3) is 1.00. The fourth-order valence-electron chi connectivity index (χ4n) is 0.309. The van der Waals surface area contributed by atoms with E-state index in [0.717, 1.165) is 5.06 Å². The van der Waals surface area contributed by atoms with E-state index in [1.807, 2.05) is 0 Å². The molecule has 0 amide bonds. The number of hydrogen-bond acceptors (Lipinski definition) is 4. The molecule has 4 nitrogen and oxygen atoms in total. The van der Waals surface area contributed by atoms with E-state index in [-0.39, 0.29) is 13.5 Å². The van der Waals surface area contributed by atoms with Crippen LogP contribution in [-0.2, 0) is 4.84 Å². The molecular formula is C4H11NO3. The summed E-state index contributed by atoms with van der Waals surface area (Å²) < 4.78 is 0. The van der Waals surface area contributed by atoms with E-state index in [4.69, 9.17) is 10.2 Å². The molecule has 0 aliphatic carbocycles. The van der Waals surface area contributed by atoms with Crippen molar-refractivity contribution in [1.29, 1.82) is 0 Å². The average Bonchev–Trinajstić information content (AvgIpc) is 1.83. The summed E-state index contributed by atoms with van der Waals surface area (Å²) in [4.78, 5) is 4.67. The van der Waals surface area contributed by atoms with Gasteiger partial charge in [-0.25, -0.2) is 0 Å². The van der Waals surface area contributed by atoms with Crippen molar-refractivity contribution in [3.63, 3.8) is 0 Å². The van der Waals surface area contributed by atoms with Gasteiger partial charge in [0.1, 0.15) is 13.5 Å².